The lowest BCUT2D eigenvalue weighted by atomic mass is 9.68. The highest BCUT2D eigenvalue weighted by Gasteiger charge is 2.43. The summed E-state index contributed by atoms with van der Waals surface area (Å²) in [7, 11) is 1.63. The van der Waals surface area contributed by atoms with E-state index in [1.807, 2.05) is 38.1 Å². The highest BCUT2D eigenvalue weighted by Crippen LogP contribution is 2.51. The lowest BCUT2D eigenvalue weighted by Gasteiger charge is -2.35. The van der Waals surface area contributed by atoms with Crippen LogP contribution in [0.2, 0.25) is 0 Å². The molecule has 0 atom stereocenters. The predicted molar refractivity (Wildman–Crippen MR) is 125 cm³/mol. The largest absolute Gasteiger partial charge is 0.487 e. The maximum absolute atomic E-state index is 13.7. The van der Waals surface area contributed by atoms with Gasteiger partial charge in [-0.15, -0.1) is 0 Å². The van der Waals surface area contributed by atoms with Gasteiger partial charge in [0.15, 0.2) is 17.3 Å². The van der Waals surface area contributed by atoms with E-state index < -0.39 is 0 Å². The Morgan fingerprint density at radius 2 is 1.84 bits per heavy atom. The number of rotatable bonds is 6. The first-order valence-electron chi connectivity index (χ1n) is 10.6. The van der Waals surface area contributed by atoms with E-state index >= 15 is 0 Å². The number of methoxy groups -OCH3 is 1. The van der Waals surface area contributed by atoms with E-state index in [2.05, 4.69) is 19.9 Å². The molecule has 0 spiro atoms. The Morgan fingerprint density at radius 1 is 1.09 bits per heavy atom. The van der Waals surface area contributed by atoms with Crippen LogP contribution in [0.5, 0.6) is 11.5 Å². The Hall–Kier alpha value is -3.10. The average Bonchev–Trinajstić information content (AvgIpc) is 3.12. The number of hydrogen-bond acceptors (Lipinski definition) is 5. The first-order valence-corrected chi connectivity index (χ1v) is 10.6. The second kappa shape index (κ2) is 8.80. The van der Waals surface area contributed by atoms with Crippen LogP contribution in [0.4, 0.5) is 0 Å². The molecule has 4 rings (SSSR count). The summed E-state index contributed by atoms with van der Waals surface area (Å²) in [5.74, 6) is 1.19. The van der Waals surface area contributed by atoms with Gasteiger partial charge in [0.2, 0.25) is 0 Å². The van der Waals surface area contributed by atoms with E-state index in [-0.39, 0.29) is 24.7 Å². The molecule has 2 aliphatic rings. The van der Waals surface area contributed by atoms with Gasteiger partial charge >= 0.3 is 0 Å². The molecule has 0 N–H and O–H groups in total. The summed E-state index contributed by atoms with van der Waals surface area (Å²) < 4.78 is 17.1. The molecule has 0 saturated heterocycles. The Balaban J connectivity index is 0.00000289. The Morgan fingerprint density at radius 3 is 2.50 bits per heavy atom. The zero-order valence-corrected chi connectivity index (χ0v) is 18.7. The van der Waals surface area contributed by atoms with E-state index in [4.69, 9.17) is 14.2 Å². The smallest absolute Gasteiger partial charge is 0.194 e. The molecule has 0 heterocycles. The minimum absolute atomic E-state index is 0. The van der Waals surface area contributed by atoms with Crippen LogP contribution in [0, 0.1) is 11.3 Å². The molecule has 2 aromatic carbocycles. The van der Waals surface area contributed by atoms with Gasteiger partial charge in [0.1, 0.15) is 6.61 Å². The van der Waals surface area contributed by atoms with Crippen LogP contribution < -0.4 is 9.47 Å². The van der Waals surface area contributed by atoms with E-state index in [1.54, 1.807) is 13.2 Å². The fourth-order valence-electron chi connectivity index (χ4n) is 4.54. The standard InChI is InChI=1S/C26H27NO4.CH4/c1-15(2)31-23-12-19-20(13-22(23)30-9-8-29-5)26(3,4)21-11-17-10-16(14-27)6-7-18(17)24(21)25(19)28;/h6-7,10,12-13,15H,8-9,11H2,1-5H3;1H4. The minimum Gasteiger partial charge on any atom is -0.487 e. The van der Waals surface area contributed by atoms with E-state index in [1.165, 1.54) is 0 Å². The number of nitriles is 1. The second-order valence-corrected chi connectivity index (χ2v) is 8.82. The third kappa shape index (κ3) is 3.80. The normalized spacial score (nSPS) is 15.5. The molecule has 0 aromatic heterocycles. The van der Waals surface area contributed by atoms with Crippen LogP contribution in [-0.4, -0.2) is 32.2 Å². The van der Waals surface area contributed by atoms with Crippen molar-refractivity contribution in [1.29, 1.82) is 5.26 Å². The molecular weight excluding hydrogens is 402 g/mol. The number of allylic oxidation sites excluding steroid dienone is 2. The molecule has 5 heteroatoms. The molecule has 0 saturated carbocycles. The summed E-state index contributed by atoms with van der Waals surface area (Å²) in [5, 5.41) is 9.28. The average molecular weight is 434 g/mol. The molecule has 2 aromatic rings. The van der Waals surface area contributed by atoms with Gasteiger partial charge in [-0.3, -0.25) is 4.79 Å². The third-order valence-electron chi connectivity index (χ3n) is 6.06. The van der Waals surface area contributed by atoms with Crippen molar-refractivity contribution in [3.05, 3.63) is 63.7 Å². The van der Waals surface area contributed by atoms with Gasteiger partial charge in [-0.2, -0.15) is 5.26 Å². The number of ether oxygens (including phenoxy) is 3. The highest BCUT2D eigenvalue weighted by molar-refractivity contribution is 6.33. The van der Waals surface area contributed by atoms with Crippen molar-refractivity contribution in [2.24, 2.45) is 0 Å². The maximum atomic E-state index is 13.7. The lowest BCUT2D eigenvalue weighted by molar-refractivity contribution is 0.104. The summed E-state index contributed by atoms with van der Waals surface area (Å²) in [4.78, 5) is 13.7. The molecule has 0 fully saturated rings. The zero-order chi connectivity index (χ0) is 22.3. The monoisotopic (exact) mass is 433 g/mol. The molecule has 0 bridgehead atoms. The van der Waals surface area contributed by atoms with Crippen LogP contribution in [-0.2, 0) is 16.6 Å². The quantitative estimate of drug-likeness (QED) is 0.564. The highest BCUT2D eigenvalue weighted by atomic mass is 16.5. The van der Waals surface area contributed by atoms with Crippen LogP contribution in [0.25, 0.3) is 5.57 Å². The first kappa shape index (κ1) is 23.6. The number of ketones is 1. The number of benzene rings is 2. The van der Waals surface area contributed by atoms with Gasteiger partial charge in [-0.05, 0) is 66.8 Å². The van der Waals surface area contributed by atoms with Crippen molar-refractivity contribution in [3.63, 3.8) is 0 Å². The van der Waals surface area contributed by atoms with Crippen molar-refractivity contribution in [3.8, 4) is 17.6 Å². The summed E-state index contributed by atoms with van der Waals surface area (Å²) >= 11 is 0. The molecule has 0 unspecified atom stereocenters. The molecule has 0 aliphatic heterocycles. The van der Waals surface area contributed by atoms with Crippen LogP contribution >= 0.6 is 0 Å². The Labute approximate surface area is 190 Å². The molecule has 0 amide bonds. The topological polar surface area (TPSA) is 68.6 Å². The molecule has 32 heavy (non-hydrogen) atoms. The zero-order valence-electron chi connectivity index (χ0n) is 18.7. The first-order chi connectivity index (χ1) is 14.8. The molecule has 0 radical (unpaired) electrons. The minimum atomic E-state index is -0.361. The van der Waals surface area contributed by atoms with E-state index in [0.29, 0.717) is 42.3 Å². The number of fused-ring (bicyclic) bond motifs is 3. The summed E-state index contributed by atoms with van der Waals surface area (Å²) in [6, 6.07) is 11.6. The van der Waals surface area contributed by atoms with Gasteiger partial charge < -0.3 is 14.2 Å². The van der Waals surface area contributed by atoms with Crippen molar-refractivity contribution < 1.29 is 19.0 Å². The van der Waals surface area contributed by atoms with Crippen molar-refractivity contribution >= 4 is 11.4 Å². The summed E-state index contributed by atoms with van der Waals surface area (Å²) in [6.07, 6.45) is 0.614. The molecule has 2 aliphatic carbocycles. The SMILES string of the molecule is C.COCCOc1cc2c(cc1OC(C)C)C(=O)C1=C(Cc3cc(C#N)ccc31)C2(C)C. The predicted octanol–water partition coefficient (Wildman–Crippen LogP) is 5.49. The van der Waals surface area contributed by atoms with Gasteiger partial charge in [-0.25, -0.2) is 0 Å². The third-order valence-corrected chi connectivity index (χ3v) is 6.06. The lowest BCUT2D eigenvalue weighted by Crippen LogP contribution is -2.30. The van der Waals surface area contributed by atoms with E-state index in [0.717, 1.165) is 27.8 Å². The van der Waals surface area contributed by atoms with Gasteiger partial charge in [0.25, 0.3) is 0 Å². The molecular formula is C27H31NO4. The number of carbonyl (C=O) groups is 1. The second-order valence-electron chi connectivity index (χ2n) is 8.82. The van der Waals surface area contributed by atoms with Gasteiger partial charge in [0.05, 0.1) is 24.3 Å². The summed E-state index contributed by atoms with van der Waals surface area (Å²) in [5.41, 5.74) is 5.67. The number of Topliss-reactive ketones (excluding diaryl/α,β-unsaturated/α-hetero) is 1. The van der Waals surface area contributed by atoms with Crippen molar-refractivity contribution in [1.82, 2.24) is 0 Å². The maximum Gasteiger partial charge on any atom is 0.194 e. The van der Waals surface area contributed by atoms with Gasteiger partial charge in [-0.1, -0.05) is 27.3 Å². The van der Waals surface area contributed by atoms with Crippen molar-refractivity contribution in [2.45, 2.75) is 53.1 Å². The number of nitrogens with zero attached hydrogens (tertiary/aromatic N) is 1. The van der Waals surface area contributed by atoms with Crippen LogP contribution in [0.3, 0.4) is 0 Å². The van der Waals surface area contributed by atoms with Crippen LogP contribution in [0.15, 0.2) is 35.9 Å². The Kier molecular flexibility index (Phi) is 6.48. The van der Waals surface area contributed by atoms with Crippen molar-refractivity contribution in [2.75, 3.05) is 20.3 Å². The van der Waals surface area contributed by atoms with Crippen LogP contribution in [0.1, 0.15) is 67.7 Å². The number of carbonyl (C=O) groups excluding carboxylic acids is 1. The fraction of sp³-hybridized carbons (Fsp3) is 0.407. The Bertz CT molecular complexity index is 1140. The van der Waals surface area contributed by atoms with E-state index in [9.17, 15) is 10.1 Å². The summed E-state index contributed by atoms with van der Waals surface area (Å²) in [6.45, 7) is 9.05. The molecule has 168 valence electrons. The number of hydrogen-bond donors (Lipinski definition) is 0. The molecule has 5 nitrogen and oxygen atoms in total. The van der Waals surface area contributed by atoms with Gasteiger partial charge in [0, 0.05) is 23.7 Å². The fourth-order valence-corrected chi connectivity index (χ4v) is 4.54.